The minimum Gasteiger partial charge on any atom is -0.342 e. The number of hydrogen-bond donors (Lipinski definition) is 0. The minimum absolute atomic E-state index is 0.102. The highest BCUT2D eigenvalue weighted by Gasteiger charge is 2.40. The van der Waals surface area contributed by atoms with Crippen molar-refractivity contribution in [2.45, 2.75) is 38.1 Å². The molecule has 0 bridgehead atoms. The smallest absolute Gasteiger partial charge is 0.226 e. The number of nitrogens with zero attached hydrogens (tertiary/aromatic N) is 2. The van der Waals surface area contributed by atoms with Gasteiger partial charge in [0.2, 0.25) is 11.8 Å². The zero-order valence-electron chi connectivity index (χ0n) is 13.5. The zero-order valence-corrected chi connectivity index (χ0v) is 13.5. The lowest BCUT2D eigenvalue weighted by Gasteiger charge is -2.44. The average Bonchev–Trinajstić information content (AvgIpc) is 3.39. The van der Waals surface area contributed by atoms with E-state index in [2.05, 4.69) is 12.1 Å². The van der Waals surface area contributed by atoms with Gasteiger partial charge in [0.25, 0.3) is 0 Å². The van der Waals surface area contributed by atoms with Crippen molar-refractivity contribution in [2.24, 2.45) is 11.8 Å². The molecule has 0 spiro atoms. The lowest BCUT2D eigenvalue weighted by atomic mass is 9.89. The van der Waals surface area contributed by atoms with E-state index in [1.165, 1.54) is 5.56 Å². The number of carbonyl (C=O) groups excluding carboxylic acids is 2. The van der Waals surface area contributed by atoms with Crippen molar-refractivity contribution < 1.29 is 9.59 Å². The highest BCUT2D eigenvalue weighted by molar-refractivity contribution is 5.83. The van der Waals surface area contributed by atoms with E-state index >= 15 is 0 Å². The summed E-state index contributed by atoms with van der Waals surface area (Å²) >= 11 is 0. The second kappa shape index (κ2) is 5.99. The zero-order chi connectivity index (χ0) is 15.8. The summed E-state index contributed by atoms with van der Waals surface area (Å²) in [6.07, 6.45) is 4.84. The SMILES string of the molecule is O=C(C1CC1)N1CCC(C(=O)N2CCC2c2ccccc2)CC1. The Hall–Kier alpha value is -1.84. The Kier molecular flexibility index (Phi) is 3.83. The molecule has 1 saturated carbocycles. The van der Waals surface area contributed by atoms with Gasteiger partial charge in [-0.05, 0) is 37.7 Å². The molecule has 2 heterocycles. The molecule has 4 nitrogen and oxygen atoms in total. The fourth-order valence-electron chi connectivity index (χ4n) is 3.84. The summed E-state index contributed by atoms with van der Waals surface area (Å²) in [4.78, 5) is 28.9. The summed E-state index contributed by atoms with van der Waals surface area (Å²) in [6, 6.07) is 10.6. The third kappa shape index (κ3) is 2.87. The fourth-order valence-corrected chi connectivity index (χ4v) is 3.84. The molecule has 3 aliphatic rings. The molecule has 3 fully saturated rings. The van der Waals surface area contributed by atoms with Crippen LogP contribution in [0.3, 0.4) is 0 Å². The fraction of sp³-hybridized carbons (Fsp3) is 0.579. The highest BCUT2D eigenvalue weighted by Crippen LogP contribution is 2.37. The van der Waals surface area contributed by atoms with Gasteiger partial charge in [-0.15, -0.1) is 0 Å². The predicted molar refractivity (Wildman–Crippen MR) is 87.5 cm³/mol. The molecule has 1 atom stereocenters. The van der Waals surface area contributed by atoms with Crippen LogP contribution in [0, 0.1) is 11.8 Å². The normalized spacial score (nSPS) is 25.1. The van der Waals surface area contributed by atoms with Gasteiger partial charge in [-0.3, -0.25) is 9.59 Å². The number of piperidine rings is 1. The Morgan fingerprint density at radius 1 is 0.783 bits per heavy atom. The van der Waals surface area contributed by atoms with Gasteiger partial charge in [0.15, 0.2) is 0 Å². The Morgan fingerprint density at radius 3 is 2.00 bits per heavy atom. The van der Waals surface area contributed by atoms with Crippen molar-refractivity contribution in [3.8, 4) is 0 Å². The quantitative estimate of drug-likeness (QED) is 0.861. The Morgan fingerprint density at radius 2 is 1.43 bits per heavy atom. The number of amides is 2. The molecular weight excluding hydrogens is 288 g/mol. The third-order valence-electron chi connectivity index (χ3n) is 5.57. The summed E-state index contributed by atoms with van der Waals surface area (Å²) in [5.41, 5.74) is 1.24. The lowest BCUT2D eigenvalue weighted by Crippen LogP contribution is -2.50. The van der Waals surface area contributed by atoms with Crippen molar-refractivity contribution >= 4 is 11.8 Å². The maximum Gasteiger partial charge on any atom is 0.226 e. The summed E-state index contributed by atoms with van der Waals surface area (Å²) < 4.78 is 0. The molecule has 1 aliphatic carbocycles. The molecule has 2 aliphatic heterocycles. The van der Waals surface area contributed by atoms with Gasteiger partial charge in [-0.2, -0.15) is 0 Å². The van der Waals surface area contributed by atoms with E-state index in [4.69, 9.17) is 0 Å². The van der Waals surface area contributed by atoms with E-state index in [1.807, 2.05) is 28.0 Å². The van der Waals surface area contributed by atoms with Crippen molar-refractivity contribution in [1.82, 2.24) is 9.80 Å². The van der Waals surface area contributed by atoms with E-state index in [1.54, 1.807) is 0 Å². The molecule has 4 heteroatoms. The van der Waals surface area contributed by atoms with Gasteiger partial charge in [0.1, 0.15) is 0 Å². The molecule has 2 amide bonds. The van der Waals surface area contributed by atoms with Crippen LogP contribution in [0.5, 0.6) is 0 Å². The van der Waals surface area contributed by atoms with Crippen LogP contribution in [0.4, 0.5) is 0 Å². The molecule has 2 saturated heterocycles. The molecule has 0 aromatic heterocycles. The Bertz CT molecular complexity index is 589. The van der Waals surface area contributed by atoms with Crippen LogP contribution in [-0.2, 0) is 9.59 Å². The molecular formula is C19H24N2O2. The molecule has 0 N–H and O–H groups in total. The van der Waals surface area contributed by atoms with Gasteiger partial charge in [0, 0.05) is 31.5 Å². The highest BCUT2D eigenvalue weighted by atomic mass is 16.2. The largest absolute Gasteiger partial charge is 0.342 e. The molecule has 0 radical (unpaired) electrons. The second-order valence-electron chi connectivity index (χ2n) is 7.12. The lowest BCUT2D eigenvalue weighted by molar-refractivity contribution is -0.147. The van der Waals surface area contributed by atoms with Crippen LogP contribution < -0.4 is 0 Å². The van der Waals surface area contributed by atoms with Crippen LogP contribution in [0.15, 0.2) is 30.3 Å². The monoisotopic (exact) mass is 312 g/mol. The average molecular weight is 312 g/mol. The summed E-state index contributed by atoms with van der Waals surface area (Å²) in [6.45, 7) is 2.39. The van der Waals surface area contributed by atoms with Crippen LogP contribution in [0.2, 0.25) is 0 Å². The Labute approximate surface area is 137 Å². The maximum absolute atomic E-state index is 12.8. The number of rotatable bonds is 3. The first-order valence-electron chi connectivity index (χ1n) is 8.88. The number of carbonyl (C=O) groups is 2. The first-order chi connectivity index (χ1) is 11.2. The van der Waals surface area contributed by atoms with Crippen LogP contribution in [-0.4, -0.2) is 41.2 Å². The topological polar surface area (TPSA) is 40.6 Å². The molecule has 23 heavy (non-hydrogen) atoms. The van der Waals surface area contributed by atoms with Gasteiger partial charge < -0.3 is 9.80 Å². The number of hydrogen-bond acceptors (Lipinski definition) is 2. The van der Waals surface area contributed by atoms with E-state index in [0.29, 0.717) is 17.7 Å². The first kappa shape index (κ1) is 14.7. The Balaban J connectivity index is 1.34. The van der Waals surface area contributed by atoms with Gasteiger partial charge in [-0.1, -0.05) is 30.3 Å². The van der Waals surface area contributed by atoms with Crippen molar-refractivity contribution in [3.63, 3.8) is 0 Å². The van der Waals surface area contributed by atoms with Gasteiger partial charge in [0.05, 0.1) is 6.04 Å². The van der Waals surface area contributed by atoms with Crippen LogP contribution in [0.1, 0.15) is 43.7 Å². The molecule has 1 unspecified atom stereocenters. The predicted octanol–water partition coefficient (Wildman–Crippen LogP) is 2.61. The molecule has 1 aromatic rings. The second-order valence-corrected chi connectivity index (χ2v) is 7.12. The molecule has 4 rings (SSSR count). The van der Waals surface area contributed by atoms with Gasteiger partial charge >= 0.3 is 0 Å². The molecule has 1 aromatic carbocycles. The van der Waals surface area contributed by atoms with Crippen LogP contribution in [0.25, 0.3) is 0 Å². The number of benzene rings is 1. The summed E-state index contributed by atoms with van der Waals surface area (Å²) in [5.74, 6) is 1.01. The van der Waals surface area contributed by atoms with Crippen molar-refractivity contribution in [2.75, 3.05) is 19.6 Å². The summed E-state index contributed by atoms with van der Waals surface area (Å²) in [5, 5.41) is 0. The van der Waals surface area contributed by atoms with Crippen LogP contribution >= 0.6 is 0 Å². The van der Waals surface area contributed by atoms with E-state index in [9.17, 15) is 9.59 Å². The van der Waals surface area contributed by atoms with Crippen molar-refractivity contribution in [1.29, 1.82) is 0 Å². The minimum atomic E-state index is 0.102. The van der Waals surface area contributed by atoms with E-state index in [-0.39, 0.29) is 12.0 Å². The number of likely N-dealkylation sites (tertiary alicyclic amines) is 2. The van der Waals surface area contributed by atoms with E-state index < -0.39 is 0 Å². The first-order valence-corrected chi connectivity index (χ1v) is 8.88. The third-order valence-corrected chi connectivity index (χ3v) is 5.57. The standard InChI is InChI=1S/C19H24N2O2/c22-18(15-6-7-15)20-11-8-16(9-12-20)19(23)21-13-10-17(21)14-4-2-1-3-5-14/h1-5,15-17H,6-13H2. The van der Waals surface area contributed by atoms with Crippen molar-refractivity contribution in [3.05, 3.63) is 35.9 Å². The van der Waals surface area contributed by atoms with Gasteiger partial charge in [-0.25, -0.2) is 0 Å². The maximum atomic E-state index is 12.8. The molecule has 122 valence electrons. The summed E-state index contributed by atoms with van der Waals surface area (Å²) in [7, 11) is 0. The van der Waals surface area contributed by atoms with E-state index in [0.717, 1.165) is 51.7 Å².